The Kier molecular flexibility index (Phi) is 6.35. The Labute approximate surface area is 152 Å². The normalized spacial score (nSPS) is 18.9. The van der Waals surface area contributed by atoms with E-state index in [1.54, 1.807) is 0 Å². The number of hydrogen-bond acceptors (Lipinski definition) is 5. The van der Waals surface area contributed by atoms with E-state index >= 15 is 0 Å². The van der Waals surface area contributed by atoms with Crippen molar-refractivity contribution in [1.29, 1.82) is 0 Å². The van der Waals surface area contributed by atoms with Gasteiger partial charge in [0.05, 0.1) is 10.6 Å². The van der Waals surface area contributed by atoms with E-state index in [0.717, 1.165) is 12.1 Å². The fourth-order valence-corrected chi connectivity index (χ4v) is 4.26. The molecular weight excluding hydrogens is 361 g/mol. The molecule has 0 aliphatic carbocycles. The van der Waals surface area contributed by atoms with Gasteiger partial charge in [-0.25, -0.2) is 12.8 Å². The van der Waals surface area contributed by atoms with Crippen molar-refractivity contribution in [1.82, 2.24) is 9.80 Å². The third-order valence-corrected chi connectivity index (χ3v) is 6.26. The Morgan fingerprint density at radius 1 is 1.23 bits per heavy atom. The average molecular weight is 385 g/mol. The van der Waals surface area contributed by atoms with Crippen LogP contribution in [-0.4, -0.2) is 67.5 Å². The summed E-state index contributed by atoms with van der Waals surface area (Å²) < 4.78 is 37.5. The zero-order valence-corrected chi connectivity index (χ0v) is 15.7. The van der Waals surface area contributed by atoms with Crippen LogP contribution in [0.1, 0.15) is 20.3 Å². The number of benzene rings is 1. The lowest BCUT2D eigenvalue weighted by atomic mass is 10.1. The Bertz CT molecular complexity index is 765. The minimum absolute atomic E-state index is 0.0219. The Morgan fingerprint density at radius 2 is 1.85 bits per heavy atom. The van der Waals surface area contributed by atoms with Gasteiger partial charge in [0, 0.05) is 32.1 Å². The molecule has 0 bridgehead atoms. The monoisotopic (exact) mass is 385 g/mol. The molecule has 1 aromatic rings. The van der Waals surface area contributed by atoms with E-state index in [0.29, 0.717) is 13.1 Å². The van der Waals surface area contributed by atoms with Gasteiger partial charge in [0.15, 0.2) is 9.84 Å². The zero-order valence-electron chi connectivity index (χ0n) is 14.9. The van der Waals surface area contributed by atoms with E-state index in [2.05, 4.69) is 0 Å². The second-order valence-electron chi connectivity index (χ2n) is 6.61. The number of hydrogen-bond donors (Lipinski definition) is 1. The number of nitrogens with zero attached hydrogens (tertiary/aromatic N) is 2. The number of primary amides is 1. The highest BCUT2D eigenvalue weighted by molar-refractivity contribution is 7.91. The maximum atomic E-state index is 12.9. The lowest BCUT2D eigenvalue weighted by Gasteiger charge is -2.42. The maximum absolute atomic E-state index is 12.9. The molecule has 1 fully saturated rings. The molecule has 0 spiro atoms. The van der Waals surface area contributed by atoms with Crippen molar-refractivity contribution in [3.63, 3.8) is 0 Å². The third-order valence-electron chi connectivity index (χ3n) is 4.52. The van der Waals surface area contributed by atoms with Crippen molar-refractivity contribution < 1.29 is 22.4 Å². The van der Waals surface area contributed by atoms with Crippen LogP contribution in [0, 0.1) is 5.82 Å². The predicted molar refractivity (Wildman–Crippen MR) is 94.5 cm³/mol. The number of piperazine rings is 1. The molecule has 1 unspecified atom stereocenters. The summed E-state index contributed by atoms with van der Waals surface area (Å²) in [5.41, 5.74) is 5.44. The first-order valence-corrected chi connectivity index (χ1v) is 10.1. The van der Waals surface area contributed by atoms with Crippen molar-refractivity contribution in [2.45, 2.75) is 37.2 Å². The number of carbonyl (C=O) groups is 2. The summed E-state index contributed by atoms with van der Waals surface area (Å²) >= 11 is 0. The zero-order chi connectivity index (χ0) is 19.5. The van der Waals surface area contributed by atoms with Crippen LogP contribution >= 0.6 is 0 Å². The third kappa shape index (κ3) is 4.79. The topological polar surface area (TPSA) is 101 Å². The molecule has 0 saturated carbocycles. The van der Waals surface area contributed by atoms with Crippen molar-refractivity contribution in [3.8, 4) is 0 Å². The van der Waals surface area contributed by atoms with Crippen LogP contribution < -0.4 is 5.73 Å². The smallest absolute Gasteiger partial charge is 0.236 e. The highest BCUT2D eigenvalue weighted by atomic mass is 32.2. The first-order valence-electron chi connectivity index (χ1n) is 8.43. The van der Waals surface area contributed by atoms with Crippen molar-refractivity contribution in [3.05, 3.63) is 30.1 Å². The number of halogens is 1. The minimum Gasteiger partial charge on any atom is -0.368 e. The molecule has 1 heterocycles. The van der Waals surface area contributed by atoms with Crippen LogP contribution in [0.3, 0.4) is 0 Å². The Balaban J connectivity index is 1.99. The summed E-state index contributed by atoms with van der Waals surface area (Å²) in [6.07, 6.45) is -0.202. The van der Waals surface area contributed by atoms with Gasteiger partial charge in [-0.1, -0.05) is 0 Å². The number of amides is 2. The summed E-state index contributed by atoms with van der Waals surface area (Å²) in [6.45, 7) is 4.97. The van der Waals surface area contributed by atoms with Gasteiger partial charge < -0.3 is 10.6 Å². The molecule has 0 aromatic heterocycles. The number of rotatable bonds is 6. The van der Waals surface area contributed by atoms with E-state index in [9.17, 15) is 22.4 Å². The summed E-state index contributed by atoms with van der Waals surface area (Å²) in [5.74, 6) is -1.75. The van der Waals surface area contributed by atoms with Crippen LogP contribution in [0.25, 0.3) is 0 Å². The molecule has 144 valence electrons. The molecule has 2 amide bonds. The highest BCUT2D eigenvalue weighted by Gasteiger charge is 2.34. The van der Waals surface area contributed by atoms with Gasteiger partial charge >= 0.3 is 0 Å². The van der Waals surface area contributed by atoms with Gasteiger partial charge in [-0.05, 0) is 38.1 Å². The average Bonchev–Trinajstić information content (AvgIpc) is 2.59. The molecule has 1 aromatic carbocycles. The van der Waals surface area contributed by atoms with Crippen LogP contribution in [0.4, 0.5) is 4.39 Å². The highest BCUT2D eigenvalue weighted by Crippen LogP contribution is 2.16. The molecule has 26 heavy (non-hydrogen) atoms. The van der Waals surface area contributed by atoms with E-state index in [1.807, 2.05) is 18.7 Å². The molecule has 2 N–H and O–H groups in total. The van der Waals surface area contributed by atoms with Crippen molar-refractivity contribution >= 4 is 21.7 Å². The first kappa shape index (κ1) is 20.3. The van der Waals surface area contributed by atoms with Gasteiger partial charge in [0.2, 0.25) is 11.8 Å². The molecule has 1 aliphatic rings. The summed E-state index contributed by atoms with van der Waals surface area (Å²) in [7, 11) is -3.68. The van der Waals surface area contributed by atoms with E-state index in [1.165, 1.54) is 17.0 Å². The Morgan fingerprint density at radius 3 is 2.38 bits per heavy atom. The van der Waals surface area contributed by atoms with Crippen LogP contribution in [-0.2, 0) is 19.4 Å². The summed E-state index contributed by atoms with van der Waals surface area (Å²) in [5, 5.41) is 0. The largest absolute Gasteiger partial charge is 0.368 e. The number of carbonyl (C=O) groups excluding carboxylic acids is 2. The molecular formula is C17H24FN3O4S. The minimum atomic E-state index is -3.68. The molecule has 0 radical (unpaired) electrons. The van der Waals surface area contributed by atoms with Crippen molar-refractivity contribution in [2.75, 3.05) is 25.4 Å². The molecule has 1 saturated heterocycles. The quantitative estimate of drug-likeness (QED) is 0.714. The summed E-state index contributed by atoms with van der Waals surface area (Å²) in [6, 6.07) is 4.03. The van der Waals surface area contributed by atoms with E-state index in [4.69, 9.17) is 5.73 Å². The molecule has 2 rings (SSSR count). The number of nitrogens with two attached hydrogens (primary N) is 1. The van der Waals surface area contributed by atoms with Crippen LogP contribution in [0.15, 0.2) is 29.2 Å². The second kappa shape index (κ2) is 8.13. The molecule has 7 nitrogen and oxygen atoms in total. The maximum Gasteiger partial charge on any atom is 0.236 e. The van der Waals surface area contributed by atoms with Gasteiger partial charge in [-0.3, -0.25) is 14.5 Å². The fraction of sp³-hybridized carbons (Fsp3) is 0.529. The molecule has 1 atom stereocenters. The lowest BCUT2D eigenvalue weighted by Crippen LogP contribution is -2.61. The molecule has 9 heteroatoms. The van der Waals surface area contributed by atoms with Gasteiger partial charge in [0.25, 0.3) is 0 Å². The van der Waals surface area contributed by atoms with Crippen molar-refractivity contribution in [2.24, 2.45) is 5.73 Å². The first-order chi connectivity index (χ1) is 12.1. The van der Waals surface area contributed by atoms with Crippen LogP contribution in [0.5, 0.6) is 0 Å². The Hall–Kier alpha value is -2.00. The number of sulfone groups is 1. The SMILES string of the molecule is CC(C)N1CCN(C(=O)CCS(=O)(=O)c2ccc(F)cc2)CC1C(N)=O. The van der Waals surface area contributed by atoms with E-state index < -0.39 is 27.6 Å². The second-order valence-corrected chi connectivity index (χ2v) is 8.72. The lowest BCUT2D eigenvalue weighted by molar-refractivity contribution is -0.137. The van der Waals surface area contributed by atoms with Crippen LogP contribution in [0.2, 0.25) is 0 Å². The predicted octanol–water partition coefficient (Wildman–Crippen LogP) is 0.396. The summed E-state index contributed by atoms with van der Waals surface area (Å²) in [4.78, 5) is 27.5. The standard InChI is InChI=1S/C17H24FN3O4S/c1-12(2)21-9-8-20(11-15(21)17(19)23)16(22)7-10-26(24,25)14-5-3-13(18)4-6-14/h3-6,12,15H,7-11H2,1-2H3,(H2,19,23). The van der Waals surface area contributed by atoms with Gasteiger partial charge in [-0.15, -0.1) is 0 Å². The van der Waals surface area contributed by atoms with Gasteiger partial charge in [-0.2, -0.15) is 0 Å². The molecule has 1 aliphatic heterocycles. The van der Waals surface area contributed by atoms with Gasteiger partial charge in [0.1, 0.15) is 11.9 Å². The fourth-order valence-electron chi connectivity index (χ4n) is 3.03. The van der Waals surface area contributed by atoms with E-state index in [-0.39, 0.29) is 35.6 Å².